The maximum atomic E-state index is 4.74. The lowest BCUT2D eigenvalue weighted by Gasteiger charge is -2.37. The van der Waals surface area contributed by atoms with Crippen LogP contribution in [0.25, 0.3) is 10.2 Å². The van der Waals surface area contributed by atoms with Gasteiger partial charge in [0.25, 0.3) is 0 Å². The summed E-state index contributed by atoms with van der Waals surface area (Å²) in [6, 6.07) is 9.08. The molecule has 0 saturated heterocycles. The molecule has 21 heavy (non-hydrogen) atoms. The van der Waals surface area contributed by atoms with Crippen LogP contribution in [0.15, 0.2) is 24.3 Å². The molecular weight excluding hydrogens is 276 g/mol. The van der Waals surface area contributed by atoms with Gasteiger partial charge in [0, 0.05) is 12.6 Å². The van der Waals surface area contributed by atoms with Crippen LogP contribution in [0.3, 0.4) is 0 Å². The molecule has 1 N–H and O–H groups in total. The second-order valence-electron chi connectivity index (χ2n) is 6.89. The summed E-state index contributed by atoms with van der Waals surface area (Å²) in [5, 5.41) is 5.03. The highest BCUT2D eigenvalue weighted by molar-refractivity contribution is 7.18. The molecule has 3 rings (SSSR count). The van der Waals surface area contributed by atoms with Crippen LogP contribution in [0.1, 0.15) is 45.0 Å². The zero-order valence-corrected chi connectivity index (χ0v) is 14.1. The lowest BCUT2D eigenvalue weighted by Crippen LogP contribution is -2.42. The van der Waals surface area contributed by atoms with Crippen LogP contribution in [0, 0.1) is 17.8 Å². The molecule has 114 valence electrons. The van der Waals surface area contributed by atoms with Crippen molar-refractivity contribution in [2.45, 2.75) is 52.6 Å². The molecule has 0 spiro atoms. The zero-order chi connectivity index (χ0) is 14.8. The van der Waals surface area contributed by atoms with Crippen molar-refractivity contribution < 1.29 is 0 Å². The average Bonchev–Trinajstić information content (AvgIpc) is 2.87. The fourth-order valence-electron chi connectivity index (χ4n) is 3.65. The van der Waals surface area contributed by atoms with Gasteiger partial charge >= 0.3 is 0 Å². The van der Waals surface area contributed by atoms with Crippen LogP contribution in [0.2, 0.25) is 0 Å². The number of hydrogen-bond acceptors (Lipinski definition) is 3. The SMILES string of the molecule is CC1CCC(C(C)C)C(NCc2nc3ccccc3s2)C1. The quantitative estimate of drug-likeness (QED) is 0.873. The van der Waals surface area contributed by atoms with E-state index >= 15 is 0 Å². The van der Waals surface area contributed by atoms with Gasteiger partial charge in [-0.2, -0.15) is 0 Å². The molecule has 0 amide bonds. The molecule has 3 unspecified atom stereocenters. The van der Waals surface area contributed by atoms with E-state index in [-0.39, 0.29) is 0 Å². The summed E-state index contributed by atoms with van der Waals surface area (Å²) in [7, 11) is 0. The van der Waals surface area contributed by atoms with Crippen LogP contribution in [0.5, 0.6) is 0 Å². The summed E-state index contributed by atoms with van der Waals surface area (Å²) in [6.07, 6.45) is 4.08. The number of nitrogens with one attached hydrogen (secondary N) is 1. The van der Waals surface area contributed by atoms with Crippen LogP contribution in [-0.4, -0.2) is 11.0 Å². The van der Waals surface area contributed by atoms with Crippen molar-refractivity contribution in [2.75, 3.05) is 0 Å². The number of thiazole rings is 1. The van der Waals surface area contributed by atoms with Gasteiger partial charge in [-0.3, -0.25) is 0 Å². The molecule has 0 aliphatic heterocycles. The Labute approximate surface area is 132 Å². The van der Waals surface area contributed by atoms with Gasteiger partial charge < -0.3 is 5.32 Å². The largest absolute Gasteiger partial charge is 0.307 e. The average molecular weight is 302 g/mol. The van der Waals surface area contributed by atoms with Gasteiger partial charge in [0.2, 0.25) is 0 Å². The van der Waals surface area contributed by atoms with E-state index < -0.39 is 0 Å². The number of para-hydroxylation sites is 1. The molecule has 3 atom stereocenters. The maximum Gasteiger partial charge on any atom is 0.108 e. The molecule has 1 aromatic carbocycles. The van der Waals surface area contributed by atoms with Gasteiger partial charge in [0.05, 0.1) is 10.2 Å². The Morgan fingerprint density at radius 2 is 2.10 bits per heavy atom. The summed E-state index contributed by atoms with van der Waals surface area (Å²) in [5.41, 5.74) is 1.14. The molecule has 2 nitrogen and oxygen atoms in total. The van der Waals surface area contributed by atoms with E-state index in [1.165, 1.54) is 29.0 Å². The van der Waals surface area contributed by atoms with E-state index in [4.69, 9.17) is 4.98 Å². The maximum absolute atomic E-state index is 4.74. The van der Waals surface area contributed by atoms with Gasteiger partial charge in [-0.25, -0.2) is 4.98 Å². The third-order valence-corrected chi connectivity index (χ3v) is 5.91. The highest BCUT2D eigenvalue weighted by atomic mass is 32.1. The molecule has 1 aliphatic rings. The fourth-order valence-corrected chi connectivity index (χ4v) is 4.57. The van der Waals surface area contributed by atoms with Crippen molar-refractivity contribution in [1.29, 1.82) is 0 Å². The van der Waals surface area contributed by atoms with Crippen LogP contribution in [0.4, 0.5) is 0 Å². The highest BCUT2D eigenvalue weighted by Crippen LogP contribution is 2.33. The molecule has 1 saturated carbocycles. The van der Waals surface area contributed by atoms with Crippen LogP contribution in [-0.2, 0) is 6.54 Å². The van der Waals surface area contributed by atoms with Crippen molar-refractivity contribution in [3.05, 3.63) is 29.3 Å². The predicted octanol–water partition coefficient (Wildman–Crippen LogP) is 4.85. The van der Waals surface area contributed by atoms with E-state index in [1.807, 2.05) is 11.3 Å². The Morgan fingerprint density at radius 3 is 2.86 bits per heavy atom. The Bertz CT molecular complexity index is 557. The molecule has 3 heteroatoms. The standard InChI is InChI=1S/C18H26N2S/c1-12(2)14-9-8-13(3)10-16(14)19-11-18-20-15-6-4-5-7-17(15)21-18/h4-7,12-14,16,19H,8-11H2,1-3H3. The number of fused-ring (bicyclic) bond motifs is 1. The fraction of sp³-hybridized carbons (Fsp3) is 0.611. The molecule has 2 aromatic rings. The van der Waals surface area contributed by atoms with Crippen molar-refractivity contribution in [3.63, 3.8) is 0 Å². The van der Waals surface area contributed by atoms with Crippen LogP contribution < -0.4 is 5.32 Å². The summed E-state index contributed by atoms with van der Waals surface area (Å²) < 4.78 is 1.30. The Morgan fingerprint density at radius 1 is 1.29 bits per heavy atom. The van der Waals surface area contributed by atoms with E-state index in [0.29, 0.717) is 6.04 Å². The van der Waals surface area contributed by atoms with Crippen LogP contribution >= 0.6 is 11.3 Å². The minimum absolute atomic E-state index is 0.653. The molecule has 0 radical (unpaired) electrons. The lowest BCUT2D eigenvalue weighted by molar-refractivity contribution is 0.169. The van der Waals surface area contributed by atoms with E-state index in [2.05, 4.69) is 50.4 Å². The van der Waals surface area contributed by atoms with E-state index in [1.54, 1.807) is 0 Å². The van der Waals surface area contributed by atoms with Gasteiger partial charge in [0.1, 0.15) is 5.01 Å². The summed E-state index contributed by atoms with van der Waals surface area (Å²) in [5.74, 6) is 2.44. The van der Waals surface area contributed by atoms with Crippen molar-refractivity contribution in [1.82, 2.24) is 10.3 Å². The predicted molar refractivity (Wildman–Crippen MR) is 91.6 cm³/mol. The zero-order valence-electron chi connectivity index (χ0n) is 13.3. The Kier molecular flexibility index (Phi) is 4.60. The van der Waals surface area contributed by atoms with Gasteiger partial charge in [0.15, 0.2) is 0 Å². The first-order valence-electron chi connectivity index (χ1n) is 8.21. The number of nitrogens with zero attached hydrogens (tertiary/aromatic N) is 1. The molecule has 1 aromatic heterocycles. The minimum atomic E-state index is 0.653. The molecule has 1 fully saturated rings. The van der Waals surface area contributed by atoms with Crippen molar-refractivity contribution >= 4 is 21.6 Å². The first kappa shape index (κ1) is 15.0. The number of rotatable bonds is 4. The van der Waals surface area contributed by atoms with E-state index in [0.717, 1.165) is 29.8 Å². The van der Waals surface area contributed by atoms with Crippen molar-refractivity contribution in [2.24, 2.45) is 17.8 Å². The topological polar surface area (TPSA) is 24.9 Å². The lowest BCUT2D eigenvalue weighted by atomic mass is 9.74. The van der Waals surface area contributed by atoms with Gasteiger partial charge in [-0.1, -0.05) is 39.3 Å². The summed E-state index contributed by atoms with van der Waals surface area (Å²) in [4.78, 5) is 4.74. The minimum Gasteiger partial charge on any atom is -0.307 e. The first-order chi connectivity index (χ1) is 10.1. The normalized spacial score (nSPS) is 26.6. The monoisotopic (exact) mass is 302 g/mol. The van der Waals surface area contributed by atoms with Crippen molar-refractivity contribution in [3.8, 4) is 0 Å². The number of hydrogen-bond donors (Lipinski definition) is 1. The van der Waals surface area contributed by atoms with Gasteiger partial charge in [-0.15, -0.1) is 11.3 Å². The first-order valence-corrected chi connectivity index (χ1v) is 9.03. The third kappa shape index (κ3) is 3.46. The summed E-state index contributed by atoms with van der Waals surface area (Å²) >= 11 is 1.82. The second-order valence-corrected chi connectivity index (χ2v) is 8.00. The molecule has 1 aliphatic carbocycles. The molecular formula is C18H26N2S. The smallest absolute Gasteiger partial charge is 0.108 e. The van der Waals surface area contributed by atoms with Gasteiger partial charge in [-0.05, 0) is 42.7 Å². The number of aromatic nitrogens is 1. The highest BCUT2D eigenvalue weighted by Gasteiger charge is 2.30. The van der Waals surface area contributed by atoms with E-state index in [9.17, 15) is 0 Å². The summed E-state index contributed by atoms with van der Waals surface area (Å²) in [6.45, 7) is 8.04. The molecule has 1 heterocycles. The number of benzene rings is 1. The Hall–Kier alpha value is -0.930. The second kappa shape index (κ2) is 6.45. The Balaban J connectivity index is 1.67. The molecule has 0 bridgehead atoms. The third-order valence-electron chi connectivity index (χ3n) is 4.88.